The van der Waals surface area contributed by atoms with Crippen molar-refractivity contribution in [3.8, 4) is 5.75 Å². The predicted octanol–water partition coefficient (Wildman–Crippen LogP) is 5.03. The van der Waals surface area contributed by atoms with Crippen LogP contribution in [0.4, 0.5) is 5.82 Å². The van der Waals surface area contributed by atoms with Crippen molar-refractivity contribution in [1.29, 1.82) is 0 Å². The van der Waals surface area contributed by atoms with Crippen LogP contribution < -0.4 is 10.5 Å². The molecule has 8 heteroatoms. The summed E-state index contributed by atoms with van der Waals surface area (Å²) in [4.78, 5) is 13.1. The minimum atomic E-state index is -0.134. The number of hydrogen-bond acceptors (Lipinski definition) is 6. The van der Waals surface area contributed by atoms with Gasteiger partial charge in [0.1, 0.15) is 36.4 Å². The van der Waals surface area contributed by atoms with Gasteiger partial charge in [-0.25, -0.2) is 15.0 Å². The zero-order valence-electron chi connectivity index (χ0n) is 17.2. The minimum absolute atomic E-state index is 0.117. The molecular formula is C22H24BrN5O2. The van der Waals surface area contributed by atoms with Crippen LogP contribution in [0, 0.1) is 6.92 Å². The maximum absolute atomic E-state index is 6.27. The van der Waals surface area contributed by atoms with E-state index >= 15 is 0 Å². The first-order chi connectivity index (χ1) is 14.5. The Morgan fingerprint density at radius 3 is 2.83 bits per heavy atom. The molecule has 0 bridgehead atoms. The van der Waals surface area contributed by atoms with Crippen LogP contribution in [0.15, 0.2) is 47.3 Å². The summed E-state index contributed by atoms with van der Waals surface area (Å²) < 4.78 is 15.1. The number of aryl methyl sites for hydroxylation is 1. The third-order valence-electron chi connectivity index (χ3n) is 5.01. The Kier molecular flexibility index (Phi) is 5.87. The Morgan fingerprint density at radius 1 is 1.20 bits per heavy atom. The Balaban J connectivity index is 1.44. The number of fused-ring (bicyclic) bond motifs is 2. The molecule has 0 fully saturated rings. The van der Waals surface area contributed by atoms with Crippen LogP contribution in [0.2, 0.25) is 0 Å². The highest BCUT2D eigenvalue weighted by molar-refractivity contribution is 9.10. The highest BCUT2D eigenvalue weighted by Crippen LogP contribution is 2.27. The number of hydrogen-bond donors (Lipinski definition) is 1. The lowest BCUT2D eigenvalue weighted by Crippen LogP contribution is -2.23. The lowest BCUT2D eigenvalue weighted by Gasteiger charge is -2.23. The van der Waals surface area contributed by atoms with Gasteiger partial charge in [0, 0.05) is 23.0 Å². The van der Waals surface area contributed by atoms with Gasteiger partial charge >= 0.3 is 0 Å². The molecule has 0 aliphatic heterocycles. The van der Waals surface area contributed by atoms with Gasteiger partial charge in [-0.15, -0.1) is 0 Å². The molecule has 156 valence electrons. The lowest BCUT2D eigenvalue weighted by atomic mass is 10.2. The van der Waals surface area contributed by atoms with Crippen LogP contribution in [-0.4, -0.2) is 32.2 Å². The number of nitrogens with zero attached hydrogens (tertiary/aromatic N) is 4. The Hall–Kier alpha value is -2.71. The van der Waals surface area contributed by atoms with Gasteiger partial charge in [-0.2, -0.15) is 0 Å². The summed E-state index contributed by atoms with van der Waals surface area (Å²) in [5, 5.41) is 2.04. The summed E-state index contributed by atoms with van der Waals surface area (Å²) in [5.41, 5.74) is 8.53. The molecule has 0 spiro atoms. The summed E-state index contributed by atoms with van der Waals surface area (Å²) in [7, 11) is 0. The van der Waals surface area contributed by atoms with Gasteiger partial charge in [0.15, 0.2) is 0 Å². The third-order valence-corrected chi connectivity index (χ3v) is 5.65. The van der Waals surface area contributed by atoms with E-state index in [0.29, 0.717) is 12.4 Å². The average molecular weight is 470 g/mol. The van der Waals surface area contributed by atoms with Gasteiger partial charge in [-0.1, -0.05) is 6.92 Å². The monoisotopic (exact) mass is 469 g/mol. The summed E-state index contributed by atoms with van der Waals surface area (Å²) >= 11 is 3.40. The summed E-state index contributed by atoms with van der Waals surface area (Å²) in [6, 6.07) is 9.77. The molecule has 2 unspecified atom stereocenters. The molecule has 0 aliphatic rings. The standard InChI is InChI=1S/C22H24BrN5O2/c1-4-20(28-8-7-17-14(3)25-12-26-22(17)28)30-13(2)11-29-16-6-5-15-9-18(23)21(24)27-19(15)10-16/h5-10,12-13,20H,4,11H2,1-3H3,(H2,24,27). The lowest BCUT2D eigenvalue weighted by molar-refractivity contribution is -0.0615. The number of anilines is 1. The molecule has 2 atom stereocenters. The number of pyridine rings is 1. The number of nitrogen functional groups attached to an aromatic ring is 1. The number of nitrogens with two attached hydrogens (primary N) is 1. The van der Waals surface area contributed by atoms with Crippen molar-refractivity contribution in [2.24, 2.45) is 0 Å². The van der Waals surface area contributed by atoms with Crippen LogP contribution in [0.1, 0.15) is 32.2 Å². The van der Waals surface area contributed by atoms with Crippen molar-refractivity contribution in [3.63, 3.8) is 0 Å². The van der Waals surface area contributed by atoms with Gasteiger partial charge in [0.25, 0.3) is 0 Å². The fourth-order valence-electron chi connectivity index (χ4n) is 3.44. The Morgan fingerprint density at radius 2 is 2.03 bits per heavy atom. The third kappa shape index (κ3) is 4.11. The van der Waals surface area contributed by atoms with E-state index in [1.165, 1.54) is 0 Å². The first kappa shape index (κ1) is 20.6. The normalized spacial score (nSPS) is 13.6. The van der Waals surface area contributed by atoms with E-state index in [1.807, 2.05) is 50.4 Å². The summed E-state index contributed by atoms with van der Waals surface area (Å²) in [5.74, 6) is 1.19. The second kappa shape index (κ2) is 8.57. The van der Waals surface area contributed by atoms with Crippen LogP contribution in [0.3, 0.4) is 0 Å². The molecule has 1 aromatic carbocycles. The number of benzene rings is 1. The van der Waals surface area contributed by atoms with Crippen LogP contribution in [0.5, 0.6) is 5.75 Å². The molecule has 3 aromatic heterocycles. The number of rotatable bonds is 7. The first-order valence-electron chi connectivity index (χ1n) is 9.88. The molecule has 0 aliphatic carbocycles. The van der Waals surface area contributed by atoms with Crippen molar-refractivity contribution in [2.45, 2.75) is 39.5 Å². The second-order valence-corrected chi connectivity index (χ2v) is 8.10. The molecule has 30 heavy (non-hydrogen) atoms. The SMILES string of the molecule is CCC(OC(C)COc1ccc2cc(Br)c(N)nc2c1)n1ccc2c(C)ncnc21. The second-order valence-electron chi connectivity index (χ2n) is 7.25. The molecule has 0 saturated carbocycles. The van der Waals surface area contributed by atoms with Crippen molar-refractivity contribution in [3.05, 3.63) is 53.0 Å². The molecule has 4 aromatic rings. The maximum atomic E-state index is 6.27. The quantitative estimate of drug-likeness (QED) is 0.408. The molecule has 0 amide bonds. The molecular weight excluding hydrogens is 446 g/mol. The highest BCUT2D eigenvalue weighted by atomic mass is 79.9. The van der Waals surface area contributed by atoms with E-state index in [9.17, 15) is 0 Å². The highest BCUT2D eigenvalue weighted by Gasteiger charge is 2.17. The van der Waals surface area contributed by atoms with Crippen LogP contribution >= 0.6 is 15.9 Å². The smallest absolute Gasteiger partial charge is 0.145 e. The number of ether oxygens (including phenoxy) is 2. The van der Waals surface area contributed by atoms with Crippen molar-refractivity contribution >= 4 is 43.7 Å². The summed E-state index contributed by atoms with van der Waals surface area (Å²) in [6.07, 6.45) is 4.16. The van der Waals surface area contributed by atoms with Crippen LogP contribution in [0.25, 0.3) is 21.9 Å². The van der Waals surface area contributed by atoms with Crippen molar-refractivity contribution in [2.75, 3.05) is 12.3 Å². The number of halogens is 1. The Bertz CT molecular complexity index is 1190. The van der Waals surface area contributed by atoms with E-state index in [-0.39, 0.29) is 12.3 Å². The maximum Gasteiger partial charge on any atom is 0.145 e. The molecule has 0 saturated heterocycles. The number of aromatic nitrogens is 4. The largest absolute Gasteiger partial charge is 0.491 e. The molecule has 2 N–H and O–H groups in total. The van der Waals surface area contributed by atoms with Gasteiger partial charge in [-0.3, -0.25) is 0 Å². The average Bonchev–Trinajstić information content (AvgIpc) is 3.17. The molecule has 3 heterocycles. The van der Waals surface area contributed by atoms with E-state index in [4.69, 9.17) is 15.2 Å². The fourth-order valence-corrected chi connectivity index (χ4v) is 3.77. The van der Waals surface area contributed by atoms with E-state index in [0.717, 1.165) is 44.3 Å². The minimum Gasteiger partial charge on any atom is -0.491 e. The zero-order chi connectivity index (χ0) is 21.3. The van der Waals surface area contributed by atoms with E-state index in [1.54, 1.807) is 6.33 Å². The van der Waals surface area contributed by atoms with Gasteiger partial charge in [0.05, 0.1) is 21.8 Å². The van der Waals surface area contributed by atoms with Gasteiger partial charge in [0.2, 0.25) is 0 Å². The van der Waals surface area contributed by atoms with Gasteiger partial charge < -0.3 is 19.8 Å². The van der Waals surface area contributed by atoms with Crippen molar-refractivity contribution in [1.82, 2.24) is 19.5 Å². The molecule has 0 radical (unpaired) electrons. The van der Waals surface area contributed by atoms with E-state index < -0.39 is 0 Å². The van der Waals surface area contributed by atoms with E-state index in [2.05, 4.69) is 42.4 Å². The topological polar surface area (TPSA) is 88.1 Å². The molecule has 7 nitrogen and oxygen atoms in total. The van der Waals surface area contributed by atoms with Crippen molar-refractivity contribution < 1.29 is 9.47 Å². The zero-order valence-corrected chi connectivity index (χ0v) is 18.8. The molecule has 4 rings (SSSR count). The van der Waals surface area contributed by atoms with Crippen LogP contribution in [-0.2, 0) is 4.74 Å². The first-order valence-corrected chi connectivity index (χ1v) is 10.7. The Labute approximate surface area is 183 Å². The predicted molar refractivity (Wildman–Crippen MR) is 121 cm³/mol. The fraction of sp³-hybridized carbons (Fsp3) is 0.318. The van der Waals surface area contributed by atoms with Gasteiger partial charge in [-0.05, 0) is 60.5 Å². The summed E-state index contributed by atoms with van der Waals surface area (Å²) in [6.45, 7) is 6.50.